The lowest BCUT2D eigenvalue weighted by Gasteiger charge is -2.19. The first-order chi connectivity index (χ1) is 11.9. The van der Waals surface area contributed by atoms with Gasteiger partial charge in [0.1, 0.15) is 12.2 Å². The zero-order chi connectivity index (χ0) is 19.8. The normalized spacial score (nSPS) is 27.4. The number of rotatable bonds is 6. The van der Waals surface area contributed by atoms with Gasteiger partial charge < -0.3 is 25.2 Å². The van der Waals surface area contributed by atoms with Crippen molar-refractivity contribution < 1.29 is 30.0 Å². The fraction of sp³-hybridized carbons (Fsp3) is 0.600. The molecule has 11 heteroatoms. The lowest BCUT2D eigenvalue weighted by molar-refractivity contribution is -0.147. The van der Waals surface area contributed by atoms with Crippen LogP contribution in [0.15, 0.2) is 15.8 Å². The number of aromatic nitrogens is 2. The highest BCUT2D eigenvalue weighted by molar-refractivity contribution is 7.72. The first-order valence-electron chi connectivity index (χ1n) is 7.87. The van der Waals surface area contributed by atoms with E-state index in [9.17, 15) is 29.7 Å². The largest absolute Gasteiger partial charge is 0.479 e. The van der Waals surface area contributed by atoms with Crippen molar-refractivity contribution >= 4 is 19.2 Å². The first kappa shape index (κ1) is 20.6. The van der Waals surface area contributed by atoms with Gasteiger partial charge in [-0.25, -0.2) is 9.59 Å². The molecule has 5 atom stereocenters. The number of nitrogens with zero attached hydrogens (tertiary/aromatic N) is 1. The van der Waals surface area contributed by atoms with Gasteiger partial charge in [0.25, 0.3) is 5.56 Å². The molecular weight excluding hydrogens is 367 g/mol. The summed E-state index contributed by atoms with van der Waals surface area (Å²) in [6.45, 7) is 2.63. The van der Waals surface area contributed by atoms with Crippen LogP contribution < -0.4 is 11.2 Å². The van der Waals surface area contributed by atoms with Crippen LogP contribution in [0.5, 0.6) is 0 Å². The predicted molar refractivity (Wildman–Crippen MR) is 95.2 cm³/mol. The number of aliphatic hydroxyl groups excluding tert-OH is 3. The Hall–Kier alpha value is -1.71. The number of aliphatic carboxylic acids is 1. The van der Waals surface area contributed by atoms with Gasteiger partial charge >= 0.3 is 11.7 Å². The Kier molecular flexibility index (Phi) is 5.94. The van der Waals surface area contributed by atoms with Crippen molar-refractivity contribution in [2.24, 2.45) is 0 Å². The van der Waals surface area contributed by atoms with Crippen LogP contribution >= 0.6 is 6.89 Å². The molecule has 10 nitrogen and oxygen atoms in total. The molecule has 0 spiro atoms. The van der Waals surface area contributed by atoms with Gasteiger partial charge in [0.05, 0.1) is 11.7 Å². The van der Waals surface area contributed by atoms with Crippen molar-refractivity contribution in [3.05, 3.63) is 32.6 Å². The summed E-state index contributed by atoms with van der Waals surface area (Å²) in [5.41, 5.74) is -2.61. The van der Waals surface area contributed by atoms with Crippen molar-refractivity contribution in [2.45, 2.75) is 37.1 Å². The summed E-state index contributed by atoms with van der Waals surface area (Å²) in [5, 5.41) is 38.9. The zero-order valence-electron chi connectivity index (χ0n) is 14.4. The molecule has 1 aromatic rings. The molecule has 0 saturated carbocycles. The summed E-state index contributed by atoms with van der Waals surface area (Å²) < 4.78 is 6.35. The third-order valence-electron chi connectivity index (χ3n) is 4.15. The summed E-state index contributed by atoms with van der Waals surface area (Å²) in [5.74, 6) is -1.67. The van der Waals surface area contributed by atoms with E-state index in [-0.39, 0.29) is 0 Å². The van der Waals surface area contributed by atoms with Gasteiger partial charge in [-0.3, -0.25) is 14.3 Å². The SMILES string of the molecule is C=P(C)(C)CC[C@H]1O[C@@H](n2cc(C(O)C(=O)O)c(=O)[nH]c2=O)[C@H](O)[C@@H]1O. The number of nitrogens with one attached hydrogen (secondary N) is 1. The Morgan fingerprint density at radius 2 is 2.00 bits per heavy atom. The second-order valence-corrected chi connectivity index (χ2v) is 11.3. The van der Waals surface area contributed by atoms with E-state index in [1.54, 1.807) is 0 Å². The molecule has 146 valence electrons. The van der Waals surface area contributed by atoms with Crippen molar-refractivity contribution in [1.82, 2.24) is 9.55 Å². The molecule has 2 heterocycles. The maximum atomic E-state index is 12.0. The minimum Gasteiger partial charge on any atom is -0.479 e. The number of carbonyl (C=O) groups is 1. The second-order valence-electron chi connectivity index (χ2n) is 6.99. The van der Waals surface area contributed by atoms with Crippen LogP contribution in [-0.4, -0.2) is 80.0 Å². The molecule has 1 saturated heterocycles. The molecule has 0 radical (unpaired) electrons. The Morgan fingerprint density at radius 1 is 1.38 bits per heavy atom. The van der Waals surface area contributed by atoms with Crippen LogP contribution in [0, 0.1) is 0 Å². The molecule has 1 unspecified atom stereocenters. The highest BCUT2D eigenvalue weighted by Crippen LogP contribution is 2.39. The van der Waals surface area contributed by atoms with E-state index in [2.05, 4.69) is 6.30 Å². The van der Waals surface area contributed by atoms with Crippen LogP contribution in [0.2, 0.25) is 0 Å². The molecule has 26 heavy (non-hydrogen) atoms. The highest BCUT2D eigenvalue weighted by Gasteiger charge is 2.44. The topological polar surface area (TPSA) is 162 Å². The van der Waals surface area contributed by atoms with Crippen LogP contribution in [0.1, 0.15) is 24.3 Å². The number of aromatic amines is 1. The summed E-state index contributed by atoms with van der Waals surface area (Å²) in [4.78, 5) is 36.6. The summed E-state index contributed by atoms with van der Waals surface area (Å²) >= 11 is 0. The minimum atomic E-state index is -2.15. The lowest BCUT2D eigenvalue weighted by atomic mass is 10.1. The summed E-state index contributed by atoms with van der Waals surface area (Å²) in [6.07, 6.45) is -0.972. The predicted octanol–water partition coefficient (Wildman–Crippen LogP) is -1.63. The Balaban J connectivity index is 2.34. The lowest BCUT2D eigenvalue weighted by Crippen LogP contribution is -2.39. The molecule has 1 aliphatic rings. The number of carboxylic acid groups (broad SMARTS) is 1. The van der Waals surface area contributed by atoms with Crippen LogP contribution in [0.25, 0.3) is 0 Å². The molecule has 0 amide bonds. The van der Waals surface area contributed by atoms with E-state index < -0.39 is 60.3 Å². The fourth-order valence-corrected chi connectivity index (χ4v) is 3.65. The molecule has 1 aromatic heterocycles. The van der Waals surface area contributed by atoms with E-state index in [1.165, 1.54) is 0 Å². The Morgan fingerprint density at radius 3 is 2.54 bits per heavy atom. The van der Waals surface area contributed by atoms with E-state index >= 15 is 0 Å². The van der Waals surface area contributed by atoms with Gasteiger partial charge in [-0.15, -0.1) is 13.2 Å². The summed E-state index contributed by atoms with van der Waals surface area (Å²) in [6, 6.07) is 0. The first-order valence-corrected chi connectivity index (χ1v) is 10.9. The van der Waals surface area contributed by atoms with Crippen molar-refractivity contribution in [1.29, 1.82) is 0 Å². The maximum Gasteiger partial charge on any atom is 0.337 e. The van der Waals surface area contributed by atoms with Gasteiger partial charge in [0.15, 0.2) is 12.3 Å². The van der Waals surface area contributed by atoms with Crippen molar-refractivity contribution in [2.75, 3.05) is 19.5 Å². The highest BCUT2D eigenvalue weighted by atomic mass is 31.2. The molecule has 1 fully saturated rings. The molecule has 0 bridgehead atoms. The smallest absolute Gasteiger partial charge is 0.337 e. The van der Waals surface area contributed by atoms with E-state index in [0.29, 0.717) is 12.6 Å². The second kappa shape index (κ2) is 7.50. The van der Waals surface area contributed by atoms with E-state index in [0.717, 1.165) is 10.8 Å². The molecule has 2 rings (SSSR count). The van der Waals surface area contributed by atoms with Gasteiger partial charge in [-0.2, -0.15) is 0 Å². The van der Waals surface area contributed by atoms with Crippen LogP contribution in [-0.2, 0) is 9.53 Å². The average Bonchev–Trinajstić information content (AvgIpc) is 2.80. The minimum absolute atomic E-state index is 0.418. The van der Waals surface area contributed by atoms with Gasteiger partial charge in [0, 0.05) is 6.20 Å². The fourth-order valence-electron chi connectivity index (χ4n) is 2.69. The van der Waals surface area contributed by atoms with E-state index in [4.69, 9.17) is 9.84 Å². The monoisotopic (exact) mass is 390 g/mol. The van der Waals surface area contributed by atoms with Crippen LogP contribution in [0.4, 0.5) is 0 Å². The Labute approximate surface area is 148 Å². The van der Waals surface area contributed by atoms with Crippen molar-refractivity contribution in [3.8, 4) is 0 Å². The number of aliphatic hydroxyl groups is 3. The number of hydrogen-bond donors (Lipinski definition) is 5. The third-order valence-corrected chi connectivity index (χ3v) is 5.62. The van der Waals surface area contributed by atoms with Crippen LogP contribution in [0.3, 0.4) is 0 Å². The summed E-state index contributed by atoms with van der Waals surface area (Å²) in [7, 11) is 0. The number of ether oxygens (including phenoxy) is 1. The quantitative estimate of drug-likeness (QED) is 0.362. The van der Waals surface area contributed by atoms with Crippen molar-refractivity contribution in [3.63, 3.8) is 0 Å². The molecular formula is C15H23N2O8P. The van der Waals surface area contributed by atoms with Gasteiger partial charge in [0.2, 0.25) is 0 Å². The third kappa shape index (κ3) is 4.33. The molecule has 1 aliphatic heterocycles. The van der Waals surface area contributed by atoms with Gasteiger partial charge in [-0.1, -0.05) is 0 Å². The Bertz CT molecular complexity index is 841. The maximum absolute atomic E-state index is 12.0. The number of H-pyrrole nitrogens is 1. The van der Waals surface area contributed by atoms with E-state index in [1.807, 2.05) is 18.3 Å². The molecule has 0 aromatic carbocycles. The average molecular weight is 390 g/mol. The standard InChI is InChI=1S/C15H23N2O8P/c1-26(2,3)5-4-8-10(19)11(20)13(25-8)17-6-7(9(18)14(22)23)12(21)16-15(17)24/h6,8-11,13,18-20H,1,4-5H2,2-3H3,(H,22,23)(H,16,21,24)/t8-,9?,10-,11-,13-/m1/s1. The zero-order valence-corrected chi connectivity index (χ0v) is 15.3. The molecule has 0 aliphatic carbocycles. The number of hydrogen-bond acceptors (Lipinski definition) is 7. The molecule has 5 N–H and O–H groups in total. The number of carboxylic acids is 1. The van der Waals surface area contributed by atoms with Gasteiger partial charge in [-0.05, 0) is 25.9 Å².